The van der Waals surface area contributed by atoms with Crippen molar-refractivity contribution in [3.05, 3.63) is 53.6 Å². The van der Waals surface area contributed by atoms with Crippen LogP contribution in [0.1, 0.15) is 12.5 Å². The van der Waals surface area contributed by atoms with E-state index in [-0.39, 0.29) is 5.28 Å². The van der Waals surface area contributed by atoms with Gasteiger partial charge in [0.25, 0.3) is 5.95 Å². The molecule has 0 atom stereocenters. The van der Waals surface area contributed by atoms with Gasteiger partial charge in [0.05, 0.1) is 0 Å². The minimum atomic E-state index is 0.114. The van der Waals surface area contributed by atoms with Crippen molar-refractivity contribution >= 4 is 23.2 Å². The molecule has 0 spiro atoms. The maximum absolute atomic E-state index is 5.94. The van der Waals surface area contributed by atoms with Gasteiger partial charge in [-0.2, -0.15) is 20.1 Å². The summed E-state index contributed by atoms with van der Waals surface area (Å²) in [6, 6.07) is 9.85. The Hall–Kier alpha value is -2.47. The van der Waals surface area contributed by atoms with Gasteiger partial charge in [-0.1, -0.05) is 19.1 Å². The van der Waals surface area contributed by atoms with Crippen LogP contribution in [0.25, 0.3) is 5.95 Å². The van der Waals surface area contributed by atoms with Gasteiger partial charge in [-0.3, -0.25) is 0 Å². The van der Waals surface area contributed by atoms with Crippen LogP contribution >= 0.6 is 11.6 Å². The van der Waals surface area contributed by atoms with E-state index in [0.717, 1.165) is 12.1 Å². The Balaban J connectivity index is 1.88. The Morgan fingerprint density at radius 3 is 2.62 bits per heavy atom. The molecule has 1 N–H and O–H groups in total. The van der Waals surface area contributed by atoms with Gasteiger partial charge in [-0.05, 0) is 41.8 Å². The molecule has 0 bridgehead atoms. The first-order valence-corrected chi connectivity index (χ1v) is 6.90. The first-order chi connectivity index (χ1) is 10.2. The summed E-state index contributed by atoms with van der Waals surface area (Å²) in [5.74, 6) is 0.748. The van der Waals surface area contributed by atoms with Crippen LogP contribution in [-0.4, -0.2) is 24.7 Å². The fourth-order valence-electron chi connectivity index (χ4n) is 1.84. The fourth-order valence-corrected chi connectivity index (χ4v) is 1.99. The Bertz CT molecular complexity index is 724. The third kappa shape index (κ3) is 3.17. The molecule has 106 valence electrons. The van der Waals surface area contributed by atoms with Crippen LogP contribution in [0.3, 0.4) is 0 Å². The zero-order valence-corrected chi connectivity index (χ0v) is 12.1. The van der Waals surface area contributed by atoms with E-state index in [1.54, 1.807) is 18.5 Å². The lowest BCUT2D eigenvalue weighted by atomic mass is 10.1. The molecular formula is C14H13ClN6. The van der Waals surface area contributed by atoms with Crippen LogP contribution in [0.5, 0.6) is 0 Å². The molecule has 1 aromatic carbocycles. The van der Waals surface area contributed by atoms with Crippen LogP contribution in [0.4, 0.5) is 11.6 Å². The third-order valence-electron chi connectivity index (χ3n) is 2.92. The number of halogens is 1. The first kappa shape index (κ1) is 13.5. The van der Waals surface area contributed by atoms with Crippen molar-refractivity contribution < 1.29 is 0 Å². The van der Waals surface area contributed by atoms with Gasteiger partial charge in [-0.25, -0.2) is 4.68 Å². The summed E-state index contributed by atoms with van der Waals surface area (Å²) in [5, 5.41) is 7.30. The zero-order chi connectivity index (χ0) is 14.7. The van der Waals surface area contributed by atoms with Crippen LogP contribution < -0.4 is 5.32 Å². The van der Waals surface area contributed by atoms with E-state index >= 15 is 0 Å². The number of aryl methyl sites for hydroxylation is 1. The monoisotopic (exact) mass is 300 g/mol. The number of hydrogen-bond acceptors (Lipinski definition) is 5. The van der Waals surface area contributed by atoms with Gasteiger partial charge in [-0.15, -0.1) is 0 Å². The molecule has 0 radical (unpaired) electrons. The standard InChI is InChI=1S/C14H13ClN6/c1-2-10-4-6-11(7-5-10)17-13-18-12(15)19-14(20-13)21-9-3-8-16-21/h3-9H,2H2,1H3,(H,17,18,19,20). The number of hydrogen-bond donors (Lipinski definition) is 1. The van der Waals surface area contributed by atoms with Crippen LogP contribution in [0.15, 0.2) is 42.7 Å². The molecule has 0 aliphatic rings. The highest BCUT2D eigenvalue weighted by atomic mass is 35.5. The summed E-state index contributed by atoms with van der Waals surface area (Å²) in [6.45, 7) is 2.12. The topological polar surface area (TPSA) is 68.5 Å². The molecule has 0 aliphatic heterocycles. The van der Waals surface area contributed by atoms with E-state index < -0.39 is 0 Å². The summed E-state index contributed by atoms with van der Waals surface area (Å²) in [7, 11) is 0. The Kier molecular flexibility index (Phi) is 3.79. The molecule has 2 heterocycles. The average molecular weight is 301 g/mol. The van der Waals surface area contributed by atoms with Gasteiger partial charge in [0.1, 0.15) is 0 Å². The minimum absolute atomic E-state index is 0.114. The number of nitrogens with zero attached hydrogens (tertiary/aromatic N) is 5. The number of aromatic nitrogens is 5. The van der Waals surface area contributed by atoms with Crippen LogP contribution in [0, 0.1) is 0 Å². The molecule has 0 saturated heterocycles. The highest BCUT2D eigenvalue weighted by Crippen LogP contribution is 2.16. The van der Waals surface area contributed by atoms with Crippen molar-refractivity contribution in [1.82, 2.24) is 24.7 Å². The van der Waals surface area contributed by atoms with E-state index in [2.05, 4.69) is 44.4 Å². The maximum atomic E-state index is 5.94. The Morgan fingerprint density at radius 1 is 1.14 bits per heavy atom. The molecule has 3 rings (SSSR count). The van der Waals surface area contributed by atoms with Gasteiger partial charge in [0.2, 0.25) is 11.2 Å². The molecular weight excluding hydrogens is 288 g/mol. The molecule has 3 aromatic rings. The van der Waals surface area contributed by atoms with Crippen LogP contribution in [0.2, 0.25) is 5.28 Å². The molecule has 2 aromatic heterocycles. The molecule has 7 heteroatoms. The quantitative estimate of drug-likeness (QED) is 0.802. The molecule has 0 aliphatic carbocycles. The maximum Gasteiger partial charge on any atom is 0.256 e. The largest absolute Gasteiger partial charge is 0.324 e. The van der Waals surface area contributed by atoms with E-state index in [0.29, 0.717) is 11.9 Å². The van der Waals surface area contributed by atoms with Crippen molar-refractivity contribution in [3.8, 4) is 5.95 Å². The van der Waals surface area contributed by atoms with E-state index in [9.17, 15) is 0 Å². The highest BCUT2D eigenvalue weighted by Gasteiger charge is 2.07. The van der Waals surface area contributed by atoms with Gasteiger partial charge < -0.3 is 5.32 Å². The zero-order valence-electron chi connectivity index (χ0n) is 11.4. The summed E-state index contributed by atoms with van der Waals surface area (Å²) in [4.78, 5) is 12.4. The van der Waals surface area contributed by atoms with Gasteiger partial charge in [0.15, 0.2) is 0 Å². The SMILES string of the molecule is CCc1ccc(Nc2nc(Cl)nc(-n3cccn3)n2)cc1. The summed E-state index contributed by atoms with van der Waals surface area (Å²) < 4.78 is 1.53. The van der Waals surface area contributed by atoms with Crippen molar-refractivity contribution in [2.24, 2.45) is 0 Å². The third-order valence-corrected chi connectivity index (χ3v) is 3.09. The lowest BCUT2D eigenvalue weighted by Crippen LogP contribution is -2.06. The molecule has 0 saturated carbocycles. The second kappa shape index (κ2) is 5.88. The lowest BCUT2D eigenvalue weighted by molar-refractivity contribution is 0.798. The fraction of sp³-hybridized carbons (Fsp3) is 0.143. The second-order valence-electron chi connectivity index (χ2n) is 4.35. The Morgan fingerprint density at radius 2 is 1.95 bits per heavy atom. The number of anilines is 2. The summed E-state index contributed by atoms with van der Waals surface area (Å²) in [6.07, 6.45) is 4.39. The number of nitrogens with one attached hydrogen (secondary N) is 1. The van der Waals surface area contributed by atoms with Crippen molar-refractivity contribution in [2.45, 2.75) is 13.3 Å². The van der Waals surface area contributed by atoms with E-state index in [1.807, 2.05) is 12.1 Å². The summed E-state index contributed by atoms with van der Waals surface area (Å²) in [5.41, 5.74) is 2.16. The van der Waals surface area contributed by atoms with Gasteiger partial charge in [0, 0.05) is 18.1 Å². The molecule has 21 heavy (non-hydrogen) atoms. The minimum Gasteiger partial charge on any atom is -0.324 e. The average Bonchev–Trinajstić information content (AvgIpc) is 3.02. The number of benzene rings is 1. The molecule has 0 unspecified atom stereocenters. The van der Waals surface area contributed by atoms with Gasteiger partial charge >= 0.3 is 0 Å². The predicted octanol–water partition coefficient (Wildman–Crippen LogP) is 3.02. The highest BCUT2D eigenvalue weighted by molar-refractivity contribution is 6.28. The van der Waals surface area contributed by atoms with Crippen molar-refractivity contribution in [2.75, 3.05) is 5.32 Å². The Labute approximate surface area is 126 Å². The molecule has 6 nitrogen and oxygen atoms in total. The van der Waals surface area contributed by atoms with E-state index in [4.69, 9.17) is 11.6 Å². The molecule has 0 amide bonds. The smallest absolute Gasteiger partial charge is 0.256 e. The van der Waals surface area contributed by atoms with Crippen molar-refractivity contribution in [1.29, 1.82) is 0 Å². The normalized spacial score (nSPS) is 10.6. The van der Waals surface area contributed by atoms with E-state index in [1.165, 1.54) is 10.2 Å². The first-order valence-electron chi connectivity index (χ1n) is 6.52. The summed E-state index contributed by atoms with van der Waals surface area (Å²) >= 11 is 5.94. The predicted molar refractivity (Wildman–Crippen MR) is 81.1 cm³/mol. The van der Waals surface area contributed by atoms with Crippen molar-refractivity contribution in [3.63, 3.8) is 0 Å². The van der Waals surface area contributed by atoms with Crippen LogP contribution in [-0.2, 0) is 6.42 Å². The number of rotatable bonds is 4. The lowest BCUT2D eigenvalue weighted by Gasteiger charge is -2.07. The second-order valence-corrected chi connectivity index (χ2v) is 4.69. The molecule has 0 fully saturated rings.